The molecule has 182 valence electrons. The number of carbonyl (C=O) groups excluding carboxylic acids is 2. The van der Waals surface area contributed by atoms with Crippen molar-refractivity contribution in [3.63, 3.8) is 0 Å². The Morgan fingerprint density at radius 3 is 2.26 bits per heavy atom. The smallest absolute Gasteiger partial charge is 0.407 e. The first-order valence-corrected chi connectivity index (χ1v) is 12.7. The van der Waals surface area contributed by atoms with Gasteiger partial charge in [0.25, 0.3) is 0 Å². The van der Waals surface area contributed by atoms with Gasteiger partial charge in [0.05, 0.1) is 12.0 Å². The van der Waals surface area contributed by atoms with Crippen LogP contribution < -0.4 is 10.6 Å². The molecular weight excluding hydrogens is 464 g/mol. The average Bonchev–Trinajstić information content (AvgIpc) is 3.16. The third-order valence-corrected chi connectivity index (χ3v) is 7.59. The van der Waals surface area contributed by atoms with Gasteiger partial charge < -0.3 is 20.5 Å². The van der Waals surface area contributed by atoms with Crippen LogP contribution >= 0.6 is 11.8 Å². The zero-order valence-corrected chi connectivity index (χ0v) is 20.1. The maximum Gasteiger partial charge on any atom is 0.407 e. The molecule has 0 saturated carbocycles. The fourth-order valence-electron chi connectivity index (χ4n) is 4.86. The SMILES string of the molecule is C#CCC(NC(=O)OCC1c2ccccc2-c2ccccc21)C(=O)NC1(CC(=O)O)CCSCC1. The third kappa shape index (κ3) is 5.63. The van der Waals surface area contributed by atoms with E-state index in [0.29, 0.717) is 12.8 Å². The Morgan fingerprint density at radius 1 is 1.09 bits per heavy atom. The summed E-state index contributed by atoms with van der Waals surface area (Å²) in [6.07, 6.45) is 5.59. The number of terminal acetylenes is 1. The first-order valence-electron chi connectivity index (χ1n) is 11.6. The third-order valence-electron chi connectivity index (χ3n) is 6.60. The molecule has 2 aromatic carbocycles. The van der Waals surface area contributed by atoms with Gasteiger partial charge in [0.1, 0.15) is 12.6 Å². The fraction of sp³-hybridized carbons (Fsp3) is 0.370. The summed E-state index contributed by atoms with van der Waals surface area (Å²) >= 11 is 1.72. The summed E-state index contributed by atoms with van der Waals surface area (Å²) in [6, 6.07) is 15.0. The van der Waals surface area contributed by atoms with E-state index < -0.39 is 29.6 Å². The summed E-state index contributed by atoms with van der Waals surface area (Å²) in [5.41, 5.74) is 3.58. The number of alkyl carbamates (subject to hydrolysis) is 1. The summed E-state index contributed by atoms with van der Waals surface area (Å²) < 4.78 is 5.55. The van der Waals surface area contributed by atoms with Crippen LogP contribution in [0.4, 0.5) is 4.79 Å². The first kappa shape index (κ1) is 24.7. The van der Waals surface area contributed by atoms with E-state index in [9.17, 15) is 19.5 Å². The first-order chi connectivity index (χ1) is 16.9. The molecule has 0 spiro atoms. The van der Waals surface area contributed by atoms with E-state index in [1.54, 1.807) is 11.8 Å². The van der Waals surface area contributed by atoms with E-state index in [4.69, 9.17) is 11.2 Å². The maximum atomic E-state index is 13.0. The van der Waals surface area contributed by atoms with Crippen molar-refractivity contribution in [3.8, 4) is 23.5 Å². The molecule has 7 nitrogen and oxygen atoms in total. The van der Waals surface area contributed by atoms with Gasteiger partial charge in [-0.2, -0.15) is 11.8 Å². The number of ether oxygens (including phenoxy) is 1. The predicted octanol–water partition coefficient (Wildman–Crippen LogP) is 3.77. The molecule has 1 aliphatic carbocycles. The molecule has 2 aromatic rings. The molecule has 1 fully saturated rings. The molecule has 35 heavy (non-hydrogen) atoms. The summed E-state index contributed by atoms with van der Waals surface area (Å²) in [6.45, 7) is 0.116. The molecular formula is C27H28N2O5S. The lowest BCUT2D eigenvalue weighted by Crippen LogP contribution is -2.57. The molecule has 2 aliphatic rings. The maximum absolute atomic E-state index is 13.0. The van der Waals surface area contributed by atoms with Gasteiger partial charge in [-0.1, -0.05) is 48.5 Å². The predicted molar refractivity (Wildman–Crippen MR) is 135 cm³/mol. The normalized spacial score (nSPS) is 16.8. The number of nitrogens with one attached hydrogen (secondary N) is 2. The number of carbonyl (C=O) groups is 3. The van der Waals surface area contributed by atoms with Crippen molar-refractivity contribution in [2.75, 3.05) is 18.1 Å². The average molecular weight is 493 g/mol. The number of hydrogen-bond acceptors (Lipinski definition) is 5. The van der Waals surface area contributed by atoms with Crippen molar-refractivity contribution in [2.24, 2.45) is 0 Å². The monoisotopic (exact) mass is 492 g/mol. The van der Waals surface area contributed by atoms with Crippen LogP contribution in [0.3, 0.4) is 0 Å². The minimum absolute atomic E-state index is 0.0338. The van der Waals surface area contributed by atoms with E-state index in [2.05, 4.69) is 28.7 Å². The molecule has 3 N–H and O–H groups in total. The van der Waals surface area contributed by atoms with Crippen LogP contribution in [-0.2, 0) is 14.3 Å². The van der Waals surface area contributed by atoms with Crippen LogP contribution in [-0.4, -0.2) is 52.8 Å². The van der Waals surface area contributed by atoms with Crippen LogP contribution in [0.5, 0.6) is 0 Å². The van der Waals surface area contributed by atoms with Crippen LogP contribution in [0.15, 0.2) is 48.5 Å². The van der Waals surface area contributed by atoms with E-state index >= 15 is 0 Å². The quantitative estimate of drug-likeness (QED) is 0.485. The Morgan fingerprint density at radius 2 is 1.69 bits per heavy atom. The largest absolute Gasteiger partial charge is 0.481 e. The molecule has 1 aliphatic heterocycles. The number of rotatable bonds is 8. The Bertz CT molecular complexity index is 1110. The summed E-state index contributed by atoms with van der Waals surface area (Å²) in [5, 5.41) is 14.8. The highest BCUT2D eigenvalue weighted by Crippen LogP contribution is 2.44. The van der Waals surface area contributed by atoms with Gasteiger partial charge in [0.2, 0.25) is 5.91 Å². The number of aliphatic carboxylic acids is 1. The molecule has 0 aromatic heterocycles. The van der Waals surface area contributed by atoms with Crippen molar-refractivity contribution < 1.29 is 24.2 Å². The van der Waals surface area contributed by atoms with Crippen molar-refractivity contribution >= 4 is 29.7 Å². The van der Waals surface area contributed by atoms with Crippen LogP contribution in [0, 0.1) is 12.3 Å². The second-order valence-electron chi connectivity index (χ2n) is 8.88. The standard InChI is InChI=1S/C27H28N2O5S/c1-2-7-23(25(32)29-27(16-24(30)31)12-14-35-15-13-27)28-26(33)34-17-22-20-10-5-3-8-18(20)19-9-4-6-11-21(19)22/h1,3-6,8-11,22-23H,7,12-17H2,(H,28,33)(H,29,32)(H,30,31). The minimum atomic E-state index is -1.02. The lowest BCUT2D eigenvalue weighted by molar-refractivity contribution is -0.139. The van der Waals surface area contributed by atoms with Crippen LogP contribution in [0.2, 0.25) is 0 Å². The molecule has 1 atom stereocenters. The summed E-state index contributed by atoms with van der Waals surface area (Å²) in [5.74, 6) is 2.35. The molecule has 1 unspecified atom stereocenters. The van der Waals surface area contributed by atoms with Gasteiger partial charge in [0.15, 0.2) is 0 Å². The molecule has 0 radical (unpaired) electrons. The van der Waals surface area contributed by atoms with Gasteiger partial charge in [0, 0.05) is 12.3 Å². The fourth-order valence-corrected chi connectivity index (χ4v) is 6.13. The van der Waals surface area contributed by atoms with Crippen molar-refractivity contribution in [3.05, 3.63) is 59.7 Å². The Kier molecular flexibility index (Phi) is 7.67. The molecule has 4 rings (SSSR count). The lowest BCUT2D eigenvalue weighted by atomic mass is 9.88. The lowest BCUT2D eigenvalue weighted by Gasteiger charge is -2.37. The summed E-state index contributed by atoms with van der Waals surface area (Å²) in [7, 11) is 0. The minimum Gasteiger partial charge on any atom is -0.481 e. The van der Waals surface area contributed by atoms with E-state index in [1.807, 2.05) is 36.4 Å². The highest BCUT2D eigenvalue weighted by Gasteiger charge is 2.38. The van der Waals surface area contributed by atoms with Gasteiger partial charge in [-0.05, 0) is 46.6 Å². The second kappa shape index (κ2) is 10.9. The molecule has 1 saturated heterocycles. The Balaban J connectivity index is 1.41. The van der Waals surface area contributed by atoms with Crippen LogP contribution in [0.25, 0.3) is 11.1 Å². The van der Waals surface area contributed by atoms with Crippen LogP contribution in [0.1, 0.15) is 42.7 Å². The van der Waals surface area contributed by atoms with Crippen molar-refractivity contribution in [1.29, 1.82) is 0 Å². The van der Waals surface area contributed by atoms with E-state index in [1.165, 1.54) is 0 Å². The molecule has 8 heteroatoms. The number of benzene rings is 2. The molecule has 1 heterocycles. The number of carboxylic acids is 1. The zero-order chi connectivity index (χ0) is 24.8. The summed E-state index contributed by atoms with van der Waals surface area (Å²) in [4.78, 5) is 37.2. The highest BCUT2D eigenvalue weighted by atomic mass is 32.2. The van der Waals surface area contributed by atoms with Crippen molar-refractivity contribution in [2.45, 2.75) is 43.2 Å². The van der Waals surface area contributed by atoms with Gasteiger partial charge in [-0.3, -0.25) is 9.59 Å². The van der Waals surface area contributed by atoms with E-state index in [-0.39, 0.29) is 25.4 Å². The van der Waals surface area contributed by atoms with Crippen molar-refractivity contribution in [1.82, 2.24) is 10.6 Å². The highest BCUT2D eigenvalue weighted by molar-refractivity contribution is 7.99. The van der Waals surface area contributed by atoms with Gasteiger partial charge >= 0.3 is 12.1 Å². The number of fused-ring (bicyclic) bond motifs is 3. The topological polar surface area (TPSA) is 105 Å². The number of amides is 2. The number of carboxylic acid groups (broad SMARTS) is 1. The van der Waals surface area contributed by atoms with Gasteiger partial charge in [-0.25, -0.2) is 4.79 Å². The Labute approximate surface area is 209 Å². The van der Waals surface area contributed by atoms with Gasteiger partial charge in [-0.15, -0.1) is 12.3 Å². The number of hydrogen-bond donors (Lipinski definition) is 3. The van der Waals surface area contributed by atoms with E-state index in [0.717, 1.165) is 33.8 Å². The molecule has 2 amide bonds. The zero-order valence-electron chi connectivity index (χ0n) is 19.3. The number of thioether (sulfide) groups is 1. The second-order valence-corrected chi connectivity index (χ2v) is 10.1. The molecule has 0 bridgehead atoms. The Hall–Kier alpha value is -3.44.